The minimum atomic E-state index is 0.345. The monoisotopic (exact) mass is 328 g/mol. The lowest BCUT2D eigenvalue weighted by Crippen LogP contribution is -2.45. The number of hydrogen-bond donors (Lipinski definition) is 1. The highest BCUT2D eigenvalue weighted by molar-refractivity contribution is 9.10. The van der Waals surface area contributed by atoms with Crippen LogP contribution in [0.4, 0.5) is 0 Å². The molecule has 1 aliphatic heterocycles. The lowest BCUT2D eigenvalue weighted by molar-refractivity contribution is 0.166. The topological polar surface area (TPSA) is 29.3 Å². The average Bonchev–Trinajstić information content (AvgIpc) is 2.37. The highest BCUT2D eigenvalue weighted by Crippen LogP contribution is 2.29. The van der Waals surface area contributed by atoms with Crippen LogP contribution in [0.5, 0.6) is 0 Å². The second kappa shape index (κ2) is 6.42. The third-order valence-electron chi connectivity index (χ3n) is 3.62. The first-order valence-corrected chi connectivity index (χ1v) is 8.38. The van der Waals surface area contributed by atoms with Crippen molar-refractivity contribution in [2.45, 2.75) is 25.9 Å². The maximum atomic E-state index is 6.02. The summed E-state index contributed by atoms with van der Waals surface area (Å²) in [4.78, 5) is 2.55. The molecule has 0 bridgehead atoms. The molecule has 1 aromatic rings. The summed E-state index contributed by atoms with van der Waals surface area (Å²) in [5.41, 5.74) is 8.62. The van der Waals surface area contributed by atoms with Gasteiger partial charge in [-0.2, -0.15) is 11.8 Å². The van der Waals surface area contributed by atoms with Crippen molar-refractivity contribution in [2.75, 3.05) is 24.6 Å². The van der Waals surface area contributed by atoms with E-state index < -0.39 is 0 Å². The molecular weight excluding hydrogens is 308 g/mol. The van der Waals surface area contributed by atoms with Gasteiger partial charge in [-0.25, -0.2) is 0 Å². The molecule has 4 heteroatoms. The van der Waals surface area contributed by atoms with Crippen LogP contribution < -0.4 is 5.73 Å². The summed E-state index contributed by atoms with van der Waals surface area (Å²) in [7, 11) is 0. The Kier molecular flexibility index (Phi) is 5.13. The minimum Gasteiger partial charge on any atom is -0.329 e. The molecule has 18 heavy (non-hydrogen) atoms. The van der Waals surface area contributed by atoms with Crippen molar-refractivity contribution >= 4 is 27.7 Å². The molecule has 0 saturated carbocycles. The van der Waals surface area contributed by atoms with Gasteiger partial charge in [0, 0.05) is 41.2 Å². The van der Waals surface area contributed by atoms with E-state index in [2.05, 4.69) is 52.9 Å². The van der Waals surface area contributed by atoms with E-state index in [1.165, 1.54) is 27.1 Å². The zero-order chi connectivity index (χ0) is 13.1. The van der Waals surface area contributed by atoms with Gasteiger partial charge in [0.2, 0.25) is 0 Å². The van der Waals surface area contributed by atoms with Gasteiger partial charge in [-0.15, -0.1) is 0 Å². The van der Waals surface area contributed by atoms with Crippen molar-refractivity contribution in [1.82, 2.24) is 4.90 Å². The molecule has 2 N–H and O–H groups in total. The lowest BCUT2D eigenvalue weighted by atomic mass is 10.0. The molecule has 2 unspecified atom stereocenters. The molecule has 2 atom stereocenters. The van der Waals surface area contributed by atoms with E-state index in [-0.39, 0.29) is 0 Å². The fraction of sp³-hybridized carbons (Fsp3) is 0.571. The number of halogens is 1. The lowest BCUT2D eigenvalue weighted by Gasteiger charge is -2.39. The Hall–Kier alpha value is -0.0300. The van der Waals surface area contributed by atoms with Crippen LogP contribution in [0.1, 0.15) is 24.1 Å². The second-order valence-corrected chi connectivity index (χ2v) is 6.93. The number of benzene rings is 1. The Labute approximate surface area is 122 Å². The van der Waals surface area contributed by atoms with Gasteiger partial charge in [-0.1, -0.05) is 28.1 Å². The molecule has 2 rings (SSSR count). The zero-order valence-electron chi connectivity index (χ0n) is 11.0. The third kappa shape index (κ3) is 3.10. The summed E-state index contributed by atoms with van der Waals surface area (Å²) in [5, 5.41) is 0. The second-order valence-electron chi connectivity index (χ2n) is 4.92. The maximum Gasteiger partial charge on any atom is 0.0474 e. The molecular formula is C14H21BrN2S. The number of aryl methyl sites for hydroxylation is 1. The smallest absolute Gasteiger partial charge is 0.0474 e. The van der Waals surface area contributed by atoms with Gasteiger partial charge in [0.15, 0.2) is 0 Å². The summed E-state index contributed by atoms with van der Waals surface area (Å²) in [6.45, 7) is 6.24. The molecule has 1 fully saturated rings. The zero-order valence-corrected chi connectivity index (χ0v) is 13.4. The van der Waals surface area contributed by atoms with Gasteiger partial charge in [-0.05, 0) is 31.0 Å². The van der Waals surface area contributed by atoms with Gasteiger partial charge in [-0.3, -0.25) is 4.90 Å². The summed E-state index contributed by atoms with van der Waals surface area (Å²) >= 11 is 5.66. The van der Waals surface area contributed by atoms with Gasteiger partial charge in [0.05, 0.1) is 0 Å². The molecule has 1 saturated heterocycles. The SMILES string of the molecule is Cc1ccc(C(CN)N2CCSCC2C)cc1Br. The van der Waals surface area contributed by atoms with Crippen LogP contribution in [-0.2, 0) is 0 Å². The Morgan fingerprint density at radius 2 is 2.33 bits per heavy atom. The molecule has 100 valence electrons. The highest BCUT2D eigenvalue weighted by Gasteiger charge is 2.26. The van der Waals surface area contributed by atoms with Crippen LogP contribution in [0.2, 0.25) is 0 Å². The van der Waals surface area contributed by atoms with E-state index in [1.807, 2.05) is 11.8 Å². The van der Waals surface area contributed by atoms with E-state index in [4.69, 9.17) is 5.73 Å². The first-order chi connectivity index (χ1) is 8.63. The van der Waals surface area contributed by atoms with Gasteiger partial charge < -0.3 is 5.73 Å². The predicted molar refractivity (Wildman–Crippen MR) is 84.2 cm³/mol. The number of rotatable bonds is 3. The maximum absolute atomic E-state index is 6.02. The van der Waals surface area contributed by atoms with Gasteiger partial charge >= 0.3 is 0 Å². The number of nitrogens with zero attached hydrogens (tertiary/aromatic N) is 1. The fourth-order valence-electron chi connectivity index (χ4n) is 2.48. The molecule has 0 amide bonds. The van der Waals surface area contributed by atoms with Crippen molar-refractivity contribution in [3.05, 3.63) is 33.8 Å². The largest absolute Gasteiger partial charge is 0.329 e. The summed E-state index contributed by atoms with van der Waals surface area (Å²) in [5.74, 6) is 2.43. The van der Waals surface area contributed by atoms with Crippen LogP contribution in [0.25, 0.3) is 0 Å². The van der Waals surface area contributed by atoms with Crippen LogP contribution >= 0.6 is 27.7 Å². The third-order valence-corrected chi connectivity index (χ3v) is 5.67. The van der Waals surface area contributed by atoms with Gasteiger partial charge in [0.25, 0.3) is 0 Å². The van der Waals surface area contributed by atoms with Crippen molar-refractivity contribution in [1.29, 1.82) is 0 Å². The molecule has 0 spiro atoms. The summed E-state index contributed by atoms with van der Waals surface area (Å²) < 4.78 is 1.18. The Bertz CT molecular complexity index is 411. The Morgan fingerprint density at radius 3 is 2.94 bits per heavy atom. The molecule has 1 heterocycles. The van der Waals surface area contributed by atoms with E-state index in [1.54, 1.807) is 0 Å². The normalized spacial score (nSPS) is 23.0. The summed E-state index contributed by atoms with van der Waals surface area (Å²) in [6.07, 6.45) is 0. The summed E-state index contributed by atoms with van der Waals surface area (Å²) in [6, 6.07) is 7.56. The highest BCUT2D eigenvalue weighted by atomic mass is 79.9. The van der Waals surface area contributed by atoms with Crippen LogP contribution in [0, 0.1) is 6.92 Å². The Morgan fingerprint density at radius 1 is 1.56 bits per heavy atom. The van der Waals surface area contributed by atoms with Crippen molar-refractivity contribution < 1.29 is 0 Å². The Balaban J connectivity index is 2.23. The van der Waals surface area contributed by atoms with Crippen molar-refractivity contribution in [3.8, 4) is 0 Å². The van der Waals surface area contributed by atoms with Crippen LogP contribution in [-0.4, -0.2) is 35.5 Å². The molecule has 2 nitrogen and oxygen atoms in total. The number of thioether (sulfide) groups is 1. The molecule has 0 aliphatic carbocycles. The molecule has 1 aliphatic rings. The first-order valence-electron chi connectivity index (χ1n) is 6.43. The standard InChI is InChI=1S/C14H21BrN2S/c1-10-3-4-12(7-13(10)15)14(8-16)17-5-6-18-9-11(17)2/h3-4,7,11,14H,5-6,8-9,16H2,1-2H3. The van der Waals surface area contributed by atoms with E-state index >= 15 is 0 Å². The van der Waals surface area contributed by atoms with E-state index in [0.717, 1.165) is 6.54 Å². The molecule has 1 aromatic carbocycles. The fourth-order valence-corrected chi connectivity index (χ4v) is 3.92. The van der Waals surface area contributed by atoms with Gasteiger partial charge in [0.1, 0.15) is 0 Å². The van der Waals surface area contributed by atoms with Crippen LogP contribution in [0.3, 0.4) is 0 Å². The van der Waals surface area contributed by atoms with E-state index in [9.17, 15) is 0 Å². The van der Waals surface area contributed by atoms with E-state index in [0.29, 0.717) is 18.6 Å². The average molecular weight is 329 g/mol. The van der Waals surface area contributed by atoms with Crippen molar-refractivity contribution in [2.24, 2.45) is 5.73 Å². The number of nitrogens with two attached hydrogens (primary N) is 1. The van der Waals surface area contributed by atoms with Crippen molar-refractivity contribution in [3.63, 3.8) is 0 Å². The number of hydrogen-bond acceptors (Lipinski definition) is 3. The minimum absolute atomic E-state index is 0.345. The predicted octanol–water partition coefficient (Wildman–Crippen LogP) is 3.19. The van der Waals surface area contributed by atoms with Crippen LogP contribution in [0.15, 0.2) is 22.7 Å². The molecule has 0 aromatic heterocycles. The molecule has 0 radical (unpaired) electrons. The quantitative estimate of drug-likeness (QED) is 0.923. The first kappa shape index (κ1) is 14.4.